The summed E-state index contributed by atoms with van der Waals surface area (Å²) in [6.45, 7) is 4.07. The Morgan fingerprint density at radius 3 is 2.78 bits per heavy atom. The Bertz CT molecular complexity index is 308. The Kier molecular flexibility index (Phi) is 9.70. The average molecular weight is 253 g/mol. The lowest BCUT2D eigenvalue weighted by Gasteiger charge is -2.13. The van der Waals surface area contributed by atoms with Crippen LogP contribution in [0.15, 0.2) is 11.8 Å². The minimum absolute atomic E-state index is 0.144. The minimum Gasteiger partial charge on any atom is -0.385 e. The molecule has 0 aliphatic heterocycles. The van der Waals surface area contributed by atoms with E-state index in [2.05, 4.69) is 12.2 Å². The first-order valence-corrected chi connectivity index (χ1v) is 6.25. The summed E-state index contributed by atoms with van der Waals surface area (Å²) in [6.07, 6.45) is 4.47. The van der Waals surface area contributed by atoms with E-state index in [0.717, 1.165) is 25.8 Å². The van der Waals surface area contributed by atoms with Crippen LogP contribution < -0.4 is 5.32 Å². The summed E-state index contributed by atoms with van der Waals surface area (Å²) >= 11 is 0. The molecule has 0 unspecified atom stereocenters. The predicted molar refractivity (Wildman–Crippen MR) is 70.7 cm³/mol. The summed E-state index contributed by atoms with van der Waals surface area (Å²) in [4.78, 5) is 13.5. The van der Waals surface area contributed by atoms with Gasteiger partial charge in [0.1, 0.15) is 11.6 Å². The Hall–Kier alpha value is -1.54. The molecule has 0 saturated carbocycles. The third-order valence-electron chi connectivity index (χ3n) is 2.39. The number of methoxy groups -OCH3 is 1. The largest absolute Gasteiger partial charge is 0.385 e. The molecule has 0 aromatic heterocycles. The lowest BCUT2D eigenvalue weighted by Crippen LogP contribution is -2.27. The molecular weight excluding hydrogens is 230 g/mol. The van der Waals surface area contributed by atoms with E-state index in [1.54, 1.807) is 13.3 Å². The molecule has 0 bridgehead atoms. The highest BCUT2D eigenvalue weighted by Gasteiger charge is 2.08. The number of carbonyl (C=O) groups is 1. The average Bonchev–Trinajstić information content (AvgIpc) is 2.38. The Labute approximate surface area is 109 Å². The van der Waals surface area contributed by atoms with Crippen LogP contribution in [0, 0.1) is 11.3 Å². The van der Waals surface area contributed by atoms with Gasteiger partial charge >= 0.3 is 0 Å². The first-order valence-electron chi connectivity index (χ1n) is 6.25. The van der Waals surface area contributed by atoms with Gasteiger partial charge in [-0.1, -0.05) is 13.3 Å². The molecule has 1 N–H and O–H groups in total. The Morgan fingerprint density at radius 2 is 2.22 bits per heavy atom. The van der Waals surface area contributed by atoms with E-state index in [4.69, 9.17) is 10.00 Å². The van der Waals surface area contributed by atoms with E-state index in [-0.39, 0.29) is 11.5 Å². The summed E-state index contributed by atoms with van der Waals surface area (Å²) in [5.74, 6) is -0.322. The maximum atomic E-state index is 11.7. The van der Waals surface area contributed by atoms with Gasteiger partial charge in [0.05, 0.1) is 0 Å². The van der Waals surface area contributed by atoms with Crippen LogP contribution in [0.25, 0.3) is 0 Å². The first kappa shape index (κ1) is 16.5. The number of hydrogen-bond acceptors (Lipinski definition) is 4. The Morgan fingerprint density at radius 1 is 1.50 bits per heavy atom. The fraction of sp³-hybridized carbons (Fsp3) is 0.692. The van der Waals surface area contributed by atoms with E-state index in [0.29, 0.717) is 13.2 Å². The zero-order valence-corrected chi connectivity index (χ0v) is 11.5. The van der Waals surface area contributed by atoms with Gasteiger partial charge in [-0.05, 0) is 12.8 Å². The van der Waals surface area contributed by atoms with Crippen molar-refractivity contribution < 1.29 is 9.53 Å². The molecule has 0 rings (SSSR count). The molecule has 0 aliphatic rings. The van der Waals surface area contributed by atoms with E-state index in [1.165, 1.54) is 0 Å². The number of amides is 1. The van der Waals surface area contributed by atoms with Crippen LogP contribution in [0.3, 0.4) is 0 Å². The topological polar surface area (TPSA) is 65.4 Å². The number of nitriles is 1. The van der Waals surface area contributed by atoms with Crippen LogP contribution in [0.2, 0.25) is 0 Å². The zero-order chi connectivity index (χ0) is 13.8. The molecule has 0 fully saturated rings. The summed E-state index contributed by atoms with van der Waals surface area (Å²) in [7, 11) is 3.48. The molecule has 0 spiro atoms. The second kappa shape index (κ2) is 10.6. The van der Waals surface area contributed by atoms with Gasteiger partial charge in [0.25, 0.3) is 5.91 Å². The standard InChI is InChI=1S/C13H23N3O2/c1-4-5-8-16(2)11-12(10-14)13(17)15-7-6-9-18-3/h11H,4-9H2,1-3H3,(H,15,17)/b12-11-. The maximum Gasteiger partial charge on any atom is 0.263 e. The molecule has 0 aromatic carbocycles. The monoisotopic (exact) mass is 253 g/mol. The van der Waals surface area contributed by atoms with Crippen LogP contribution in [0.4, 0.5) is 0 Å². The van der Waals surface area contributed by atoms with Gasteiger partial charge in [0.15, 0.2) is 0 Å². The van der Waals surface area contributed by atoms with Crippen LogP contribution in [-0.4, -0.2) is 44.7 Å². The Balaban J connectivity index is 4.17. The zero-order valence-electron chi connectivity index (χ0n) is 11.5. The van der Waals surface area contributed by atoms with Crippen LogP contribution in [0.1, 0.15) is 26.2 Å². The van der Waals surface area contributed by atoms with E-state index in [9.17, 15) is 4.79 Å². The molecule has 18 heavy (non-hydrogen) atoms. The van der Waals surface area contributed by atoms with Crippen molar-refractivity contribution in [3.63, 3.8) is 0 Å². The quantitative estimate of drug-likeness (QED) is 0.382. The van der Waals surface area contributed by atoms with Gasteiger partial charge in [0.2, 0.25) is 0 Å². The predicted octanol–water partition coefficient (Wildman–Crippen LogP) is 1.28. The minimum atomic E-state index is -0.322. The van der Waals surface area contributed by atoms with Crippen molar-refractivity contribution >= 4 is 5.91 Å². The molecular formula is C13H23N3O2. The first-order chi connectivity index (χ1) is 8.65. The maximum absolute atomic E-state index is 11.7. The lowest BCUT2D eigenvalue weighted by molar-refractivity contribution is -0.117. The lowest BCUT2D eigenvalue weighted by atomic mass is 10.2. The fourth-order valence-corrected chi connectivity index (χ4v) is 1.34. The highest BCUT2D eigenvalue weighted by molar-refractivity contribution is 5.97. The van der Waals surface area contributed by atoms with Crippen LogP contribution in [0.5, 0.6) is 0 Å². The van der Waals surface area contributed by atoms with Crippen molar-refractivity contribution in [2.45, 2.75) is 26.2 Å². The number of carbonyl (C=O) groups excluding carboxylic acids is 1. The number of ether oxygens (including phenoxy) is 1. The van der Waals surface area contributed by atoms with Crippen LogP contribution >= 0.6 is 0 Å². The number of nitrogens with zero attached hydrogens (tertiary/aromatic N) is 2. The number of hydrogen-bond donors (Lipinski definition) is 1. The molecule has 0 radical (unpaired) electrons. The molecule has 0 aliphatic carbocycles. The van der Waals surface area contributed by atoms with Crippen molar-refractivity contribution in [3.8, 4) is 6.07 Å². The fourth-order valence-electron chi connectivity index (χ4n) is 1.34. The van der Waals surface area contributed by atoms with Gasteiger partial charge < -0.3 is 15.0 Å². The third kappa shape index (κ3) is 7.69. The number of nitrogens with one attached hydrogen (secondary N) is 1. The number of rotatable bonds is 9. The molecule has 0 heterocycles. The summed E-state index contributed by atoms with van der Waals surface area (Å²) < 4.78 is 4.88. The molecule has 0 saturated heterocycles. The third-order valence-corrected chi connectivity index (χ3v) is 2.39. The van der Waals surface area contributed by atoms with E-state index >= 15 is 0 Å². The van der Waals surface area contributed by atoms with Gasteiger partial charge in [0, 0.05) is 40.1 Å². The summed E-state index contributed by atoms with van der Waals surface area (Å²) in [5.41, 5.74) is 0.144. The van der Waals surface area contributed by atoms with Gasteiger partial charge in [-0.2, -0.15) is 5.26 Å². The highest BCUT2D eigenvalue weighted by Crippen LogP contribution is 1.98. The van der Waals surface area contributed by atoms with Gasteiger partial charge in [-0.3, -0.25) is 4.79 Å². The van der Waals surface area contributed by atoms with Gasteiger partial charge in [-0.25, -0.2) is 0 Å². The van der Waals surface area contributed by atoms with Crippen molar-refractivity contribution in [3.05, 3.63) is 11.8 Å². The van der Waals surface area contributed by atoms with Crippen molar-refractivity contribution in [1.29, 1.82) is 5.26 Å². The summed E-state index contributed by atoms with van der Waals surface area (Å²) in [5, 5.41) is 11.6. The van der Waals surface area contributed by atoms with E-state index < -0.39 is 0 Å². The van der Waals surface area contributed by atoms with E-state index in [1.807, 2.05) is 18.0 Å². The van der Waals surface area contributed by atoms with Crippen LogP contribution in [-0.2, 0) is 9.53 Å². The smallest absolute Gasteiger partial charge is 0.263 e. The number of unbranched alkanes of at least 4 members (excludes halogenated alkanes) is 1. The molecule has 102 valence electrons. The molecule has 0 atom stereocenters. The van der Waals surface area contributed by atoms with Gasteiger partial charge in [-0.15, -0.1) is 0 Å². The van der Waals surface area contributed by atoms with Crippen molar-refractivity contribution in [2.75, 3.05) is 33.9 Å². The SMILES string of the molecule is CCCCN(C)/C=C(/C#N)C(=O)NCCCOC. The molecule has 1 amide bonds. The normalized spacial score (nSPS) is 10.9. The molecule has 0 aromatic rings. The second-order valence-electron chi connectivity index (χ2n) is 4.09. The second-order valence-corrected chi connectivity index (χ2v) is 4.09. The van der Waals surface area contributed by atoms with Crippen molar-refractivity contribution in [2.24, 2.45) is 0 Å². The molecule has 5 nitrogen and oxygen atoms in total. The van der Waals surface area contributed by atoms with Crippen molar-refractivity contribution in [1.82, 2.24) is 10.2 Å². The summed E-state index contributed by atoms with van der Waals surface area (Å²) in [6, 6.07) is 1.93. The molecule has 5 heteroatoms. The highest BCUT2D eigenvalue weighted by atomic mass is 16.5.